The zero-order chi connectivity index (χ0) is 19.1. The molecular formula is C23H24N2O2. The van der Waals surface area contributed by atoms with Crippen LogP contribution in [0.25, 0.3) is 10.9 Å². The van der Waals surface area contributed by atoms with Crippen molar-refractivity contribution in [1.29, 1.82) is 0 Å². The molecule has 3 aromatic rings. The van der Waals surface area contributed by atoms with Crippen LogP contribution in [-0.2, 0) is 6.54 Å². The molecule has 0 saturated heterocycles. The summed E-state index contributed by atoms with van der Waals surface area (Å²) in [5, 5.41) is 1.01. The highest BCUT2D eigenvalue weighted by Gasteiger charge is 2.34. The Balaban J connectivity index is 1.72. The number of aromatic nitrogens is 1. The lowest BCUT2D eigenvalue weighted by Gasteiger charge is -2.23. The number of nitrogens with zero attached hydrogens (tertiary/aromatic N) is 1. The van der Waals surface area contributed by atoms with Crippen molar-refractivity contribution in [3.8, 4) is 0 Å². The van der Waals surface area contributed by atoms with E-state index in [1.54, 1.807) is 0 Å². The first-order chi connectivity index (χ1) is 12.9. The van der Waals surface area contributed by atoms with Crippen LogP contribution in [0.2, 0.25) is 0 Å². The Labute approximate surface area is 158 Å². The number of benzene rings is 2. The fraction of sp³-hybridized carbons (Fsp3) is 0.304. The van der Waals surface area contributed by atoms with Gasteiger partial charge in [0.25, 0.3) is 11.5 Å². The van der Waals surface area contributed by atoms with Crippen LogP contribution in [0, 0.1) is 20.8 Å². The standard InChI is InChI=1S/C23H24N2O2/c1-14-10-16(3)21-17(11-14)12-18(22(26)24-21)13-25(19-8-9-19)23(27)20-7-5-4-6-15(20)2/h4-7,10-12,19H,8-9,13H2,1-3H3,(H,24,26). The predicted octanol–water partition coefficient (Wildman–Crippen LogP) is 4.26. The maximum Gasteiger partial charge on any atom is 0.254 e. The summed E-state index contributed by atoms with van der Waals surface area (Å²) in [4.78, 5) is 30.7. The molecule has 0 unspecified atom stereocenters. The molecule has 1 fully saturated rings. The van der Waals surface area contributed by atoms with Gasteiger partial charge in [-0.25, -0.2) is 0 Å². The molecule has 1 aromatic heterocycles. The Morgan fingerprint density at radius 2 is 1.81 bits per heavy atom. The topological polar surface area (TPSA) is 53.2 Å². The Kier molecular flexibility index (Phi) is 4.34. The van der Waals surface area contributed by atoms with Crippen molar-refractivity contribution in [2.75, 3.05) is 0 Å². The maximum atomic E-state index is 13.1. The van der Waals surface area contributed by atoms with Crippen LogP contribution in [0.1, 0.15) is 45.5 Å². The Morgan fingerprint density at radius 3 is 2.52 bits per heavy atom. The van der Waals surface area contributed by atoms with Crippen molar-refractivity contribution in [2.45, 2.75) is 46.2 Å². The molecule has 1 aliphatic carbocycles. The highest BCUT2D eigenvalue weighted by molar-refractivity contribution is 5.96. The summed E-state index contributed by atoms with van der Waals surface area (Å²) in [6, 6.07) is 14.0. The lowest BCUT2D eigenvalue weighted by atomic mass is 10.0. The number of aryl methyl sites for hydroxylation is 3. The molecule has 4 nitrogen and oxygen atoms in total. The molecule has 0 radical (unpaired) electrons. The summed E-state index contributed by atoms with van der Waals surface area (Å²) in [6.07, 6.45) is 2.00. The molecule has 1 saturated carbocycles. The average Bonchev–Trinajstić information content (AvgIpc) is 3.45. The number of pyridine rings is 1. The SMILES string of the molecule is Cc1cc(C)c2[nH]c(=O)c(CN(C(=O)c3ccccc3C)C3CC3)cc2c1. The number of carbonyl (C=O) groups is 1. The largest absolute Gasteiger partial charge is 0.331 e. The van der Waals surface area contributed by atoms with Gasteiger partial charge < -0.3 is 9.88 Å². The third-order valence-electron chi connectivity index (χ3n) is 5.33. The summed E-state index contributed by atoms with van der Waals surface area (Å²) < 4.78 is 0. The molecule has 0 atom stereocenters. The number of H-pyrrole nitrogens is 1. The molecule has 0 spiro atoms. The summed E-state index contributed by atoms with van der Waals surface area (Å²) >= 11 is 0. The molecule has 27 heavy (non-hydrogen) atoms. The highest BCUT2D eigenvalue weighted by Crippen LogP contribution is 2.30. The van der Waals surface area contributed by atoms with E-state index in [9.17, 15) is 9.59 Å². The second-order valence-corrected chi connectivity index (χ2v) is 7.65. The van der Waals surface area contributed by atoms with Crippen LogP contribution in [0.4, 0.5) is 0 Å². The van der Waals surface area contributed by atoms with Crippen molar-refractivity contribution in [1.82, 2.24) is 9.88 Å². The van der Waals surface area contributed by atoms with E-state index in [1.807, 2.05) is 49.1 Å². The monoisotopic (exact) mass is 360 g/mol. The number of nitrogens with one attached hydrogen (secondary N) is 1. The Morgan fingerprint density at radius 1 is 1.07 bits per heavy atom. The molecule has 1 N–H and O–H groups in total. The van der Waals surface area contributed by atoms with Gasteiger partial charge >= 0.3 is 0 Å². The van der Waals surface area contributed by atoms with Crippen molar-refractivity contribution >= 4 is 16.8 Å². The van der Waals surface area contributed by atoms with Gasteiger partial charge in [0.05, 0.1) is 12.1 Å². The number of carbonyl (C=O) groups excluding carboxylic acids is 1. The highest BCUT2D eigenvalue weighted by atomic mass is 16.2. The van der Waals surface area contributed by atoms with Gasteiger partial charge in [0.2, 0.25) is 0 Å². The second-order valence-electron chi connectivity index (χ2n) is 7.65. The van der Waals surface area contributed by atoms with Crippen LogP contribution in [0.3, 0.4) is 0 Å². The summed E-state index contributed by atoms with van der Waals surface area (Å²) in [5.74, 6) is 0.00974. The van der Waals surface area contributed by atoms with Crippen LogP contribution >= 0.6 is 0 Å². The smallest absolute Gasteiger partial charge is 0.254 e. The number of fused-ring (bicyclic) bond motifs is 1. The number of hydrogen-bond acceptors (Lipinski definition) is 2. The maximum absolute atomic E-state index is 13.1. The molecule has 4 rings (SSSR count). The zero-order valence-corrected chi connectivity index (χ0v) is 16.0. The van der Waals surface area contributed by atoms with E-state index in [1.165, 1.54) is 0 Å². The molecule has 1 heterocycles. The van der Waals surface area contributed by atoms with Crippen LogP contribution in [-0.4, -0.2) is 21.8 Å². The van der Waals surface area contributed by atoms with Gasteiger partial charge in [-0.05, 0) is 68.3 Å². The van der Waals surface area contributed by atoms with E-state index in [2.05, 4.69) is 24.0 Å². The summed E-state index contributed by atoms with van der Waals surface area (Å²) in [6.45, 7) is 6.35. The third-order valence-corrected chi connectivity index (χ3v) is 5.33. The predicted molar refractivity (Wildman–Crippen MR) is 108 cm³/mol. The lowest BCUT2D eigenvalue weighted by molar-refractivity contribution is 0.0728. The number of aromatic amines is 1. The molecule has 1 aliphatic rings. The minimum absolute atomic E-state index is 0.00974. The van der Waals surface area contributed by atoms with E-state index in [0.29, 0.717) is 17.7 Å². The molecular weight excluding hydrogens is 336 g/mol. The summed E-state index contributed by atoms with van der Waals surface area (Å²) in [7, 11) is 0. The van der Waals surface area contributed by atoms with E-state index in [4.69, 9.17) is 0 Å². The summed E-state index contributed by atoms with van der Waals surface area (Å²) in [5.41, 5.74) is 5.30. The quantitative estimate of drug-likeness (QED) is 0.756. The van der Waals surface area contributed by atoms with Gasteiger partial charge in [0.1, 0.15) is 0 Å². The fourth-order valence-corrected chi connectivity index (χ4v) is 3.75. The Hall–Kier alpha value is -2.88. The van der Waals surface area contributed by atoms with Crippen LogP contribution in [0.15, 0.2) is 47.3 Å². The fourth-order valence-electron chi connectivity index (χ4n) is 3.75. The molecule has 138 valence electrons. The molecule has 2 aromatic carbocycles. The first-order valence-electron chi connectivity index (χ1n) is 9.44. The average molecular weight is 360 g/mol. The molecule has 1 amide bonds. The van der Waals surface area contributed by atoms with E-state index >= 15 is 0 Å². The van der Waals surface area contributed by atoms with Gasteiger partial charge in [0, 0.05) is 17.2 Å². The van der Waals surface area contributed by atoms with Gasteiger partial charge in [-0.3, -0.25) is 9.59 Å². The minimum Gasteiger partial charge on any atom is -0.331 e. The molecule has 0 aliphatic heterocycles. The van der Waals surface area contributed by atoms with Gasteiger partial charge in [0.15, 0.2) is 0 Å². The first-order valence-corrected chi connectivity index (χ1v) is 9.44. The number of amides is 1. The van der Waals surface area contributed by atoms with Crippen molar-refractivity contribution in [2.24, 2.45) is 0 Å². The van der Waals surface area contributed by atoms with Gasteiger partial charge in [-0.1, -0.05) is 29.8 Å². The normalized spacial score (nSPS) is 13.7. The zero-order valence-electron chi connectivity index (χ0n) is 16.0. The number of rotatable bonds is 4. The number of hydrogen-bond donors (Lipinski definition) is 1. The van der Waals surface area contributed by atoms with Gasteiger partial charge in [-0.2, -0.15) is 0 Å². The second kappa shape index (κ2) is 6.69. The van der Waals surface area contributed by atoms with Crippen molar-refractivity contribution in [3.63, 3.8) is 0 Å². The Bertz CT molecular complexity index is 1090. The van der Waals surface area contributed by atoms with Crippen molar-refractivity contribution in [3.05, 3.63) is 80.6 Å². The van der Waals surface area contributed by atoms with E-state index < -0.39 is 0 Å². The van der Waals surface area contributed by atoms with E-state index in [-0.39, 0.29) is 17.5 Å². The molecule has 0 bridgehead atoms. The minimum atomic E-state index is -0.113. The molecule has 4 heteroatoms. The lowest BCUT2D eigenvalue weighted by Crippen LogP contribution is -2.35. The first kappa shape index (κ1) is 17.5. The third kappa shape index (κ3) is 3.39. The van der Waals surface area contributed by atoms with E-state index in [0.717, 1.165) is 40.4 Å². The van der Waals surface area contributed by atoms with Gasteiger partial charge in [-0.15, -0.1) is 0 Å². The van der Waals surface area contributed by atoms with Crippen LogP contribution < -0.4 is 5.56 Å². The van der Waals surface area contributed by atoms with Crippen LogP contribution in [0.5, 0.6) is 0 Å². The van der Waals surface area contributed by atoms with Crippen molar-refractivity contribution < 1.29 is 4.79 Å².